The number of rotatable bonds is 6. The van der Waals surface area contributed by atoms with Crippen LogP contribution in [0.2, 0.25) is 0 Å². The standard InChI is InChI=1S/C27H27N5OS/c1-18-15-23(19(2)32(18)21-9-11-22(33-3)12-10-21)26-25(24-8-4-5-14-29-24)30-27(34)31(26)17-20-7-6-13-28-16-20/h4-16,25-26H,17H2,1-3H3,(H,30,34). The minimum Gasteiger partial charge on any atom is -0.497 e. The first kappa shape index (κ1) is 22.1. The highest BCUT2D eigenvalue weighted by atomic mass is 32.1. The molecule has 2 atom stereocenters. The first-order chi connectivity index (χ1) is 16.6. The van der Waals surface area contributed by atoms with E-state index in [1.165, 1.54) is 11.3 Å². The Morgan fingerprint density at radius 1 is 1.03 bits per heavy atom. The average Bonchev–Trinajstić information content (AvgIpc) is 3.35. The molecule has 1 fully saturated rings. The SMILES string of the molecule is COc1ccc(-n2c(C)cc(C3C(c4ccccn4)NC(=S)N3Cc3cccnc3)c2C)cc1. The molecule has 4 heterocycles. The van der Waals surface area contributed by atoms with Gasteiger partial charge in [-0.2, -0.15) is 0 Å². The summed E-state index contributed by atoms with van der Waals surface area (Å²) in [5, 5.41) is 4.27. The minimum absolute atomic E-state index is 0.0131. The summed E-state index contributed by atoms with van der Waals surface area (Å²) in [6, 6.07) is 20.4. The molecule has 0 radical (unpaired) electrons. The van der Waals surface area contributed by atoms with Crippen LogP contribution in [0.25, 0.3) is 5.69 Å². The summed E-state index contributed by atoms with van der Waals surface area (Å²) in [5.74, 6) is 0.842. The van der Waals surface area contributed by atoms with Crippen LogP contribution in [0, 0.1) is 13.8 Å². The van der Waals surface area contributed by atoms with Gasteiger partial charge in [0.15, 0.2) is 5.11 Å². The molecule has 0 bridgehead atoms. The second kappa shape index (κ2) is 9.27. The van der Waals surface area contributed by atoms with Crippen molar-refractivity contribution in [2.45, 2.75) is 32.5 Å². The zero-order valence-corrected chi connectivity index (χ0v) is 20.3. The van der Waals surface area contributed by atoms with Crippen LogP contribution in [0.4, 0.5) is 0 Å². The molecule has 6 nitrogen and oxygen atoms in total. The van der Waals surface area contributed by atoms with Gasteiger partial charge in [0, 0.05) is 42.2 Å². The highest BCUT2D eigenvalue weighted by molar-refractivity contribution is 7.80. The van der Waals surface area contributed by atoms with Gasteiger partial charge >= 0.3 is 0 Å². The number of pyridine rings is 2. The molecule has 1 aliphatic rings. The smallest absolute Gasteiger partial charge is 0.170 e. The normalized spacial score (nSPS) is 17.6. The summed E-state index contributed by atoms with van der Waals surface area (Å²) in [4.78, 5) is 11.2. The predicted molar refractivity (Wildman–Crippen MR) is 137 cm³/mol. The minimum atomic E-state index is -0.0600. The van der Waals surface area contributed by atoms with E-state index in [1.807, 2.05) is 42.7 Å². The third kappa shape index (κ3) is 4.03. The molecule has 3 aromatic heterocycles. The quantitative estimate of drug-likeness (QED) is 0.398. The van der Waals surface area contributed by atoms with Crippen LogP contribution in [-0.2, 0) is 6.54 Å². The van der Waals surface area contributed by atoms with Crippen LogP contribution in [0.3, 0.4) is 0 Å². The number of aromatic nitrogens is 3. The fraction of sp³-hybridized carbons (Fsp3) is 0.222. The van der Waals surface area contributed by atoms with Gasteiger partial charge in [-0.1, -0.05) is 12.1 Å². The molecule has 1 saturated heterocycles. The van der Waals surface area contributed by atoms with E-state index >= 15 is 0 Å². The second-order valence-electron chi connectivity index (χ2n) is 8.48. The number of nitrogens with one attached hydrogen (secondary N) is 1. The molecule has 2 unspecified atom stereocenters. The second-order valence-corrected chi connectivity index (χ2v) is 8.86. The molecule has 34 heavy (non-hydrogen) atoms. The fourth-order valence-electron chi connectivity index (χ4n) is 4.82. The van der Waals surface area contributed by atoms with Gasteiger partial charge in [-0.05, 0) is 85.7 Å². The summed E-state index contributed by atoms with van der Waals surface area (Å²) in [7, 11) is 1.68. The Morgan fingerprint density at radius 2 is 1.85 bits per heavy atom. The molecular weight excluding hydrogens is 442 g/mol. The summed E-state index contributed by atoms with van der Waals surface area (Å²) < 4.78 is 7.63. The molecule has 5 rings (SSSR count). The first-order valence-electron chi connectivity index (χ1n) is 11.3. The molecule has 1 N–H and O–H groups in total. The maximum Gasteiger partial charge on any atom is 0.170 e. The van der Waals surface area contributed by atoms with E-state index in [4.69, 9.17) is 17.0 Å². The van der Waals surface area contributed by atoms with E-state index in [-0.39, 0.29) is 12.1 Å². The molecule has 0 amide bonds. The van der Waals surface area contributed by atoms with Crippen LogP contribution in [-0.4, -0.2) is 31.7 Å². The average molecular weight is 470 g/mol. The lowest BCUT2D eigenvalue weighted by atomic mass is 9.96. The zero-order valence-electron chi connectivity index (χ0n) is 19.5. The predicted octanol–water partition coefficient (Wildman–Crippen LogP) is 5.07. The largest absolute Gasteiger partial charge is 0.497 e. The molecule has 172 valence electrons. The number of hydrogen-bond acceptors (Lipinski definition) is 4. The monoisotopic (exact) mass is 469 g/mol. The Bertz CT molecular complexity index is 1290. The van der Waals surface area contributed by atoms with Crippen molar-refractivity contribution in [1.29, 1.82) is 0 Å². The Morgan fingerprint density at radius 3 is 2.53 bits per heavy atom. The van der Waals surface area contributed by atoms with E-state index < -0.39 is 0 Å². The van der Waals surface area contributed by atoms with Crippen molar-refractivity contribution in [2.24, 2.45) is 0 Å². The van der Waals surface area contributed by atoms with Crippen LogP contribution in [0.1, 0.15) is 40.3 Å². The number of benzene rings is 1. The molecule has 4 aromatic rings. The number of nitrogens with zero attached hydrogens (tertiary/aromatic N) is 4. The van der Waals surface area contributed by atoms with E-state index in [2.05, 4.69) is 68.9 Å². The van der Waals surface area contributed by atoms with E-state index in [0.29, 0.717) is 6.54 Å². The molecular formula is C27H27N5OS. The van der Waals surface area contributed by atoms with Crippen LogP contribution >= 0.6 is 12.2 Å². The third-order valence-corrected chi connectivity index (χ3v) is 6.75. The number of ether oxygens (including phenoxy) is 1. The fourth-order valence-corrected chi connectivity index (χ4v) is 5.12. The van der Waals surface area contributed by atoms with Gasteiger partial charge in [0.1, 0.15) is 5.75 Å². The first-order valence-corrected chi connectivity index (χ1v) is 11.7. The summed E-state index contributed by atoms with van der Waals surface area (Å²) in [6.07, 6.45) is 5.52. The van der Waals surface area contributed by atoms with Gasteiger partial charge in [-0.15, -0.1) is 0 Å². The number of thiocarbonyl (C=S) groups is 1. The Hall–Kier alpha value is -3.71. The lowest BCUT2D eigenvalue weighted by Gasteiger charge is -2.28. The van der Waals surface area contributed by atoms with Gasteiger partial charge in [0.25, 0.3) is 0 Å². The molecule has 1 aromatic carbocycles. The van der Waals surface area contributed by atoms with Crippen molar-refractivity contribution < 1.29 is 4.74 Å². The van der Waals surface area contributed by atoms with Crippen molar-refractivity contribution in [3.63, 3.8) is 0 Å². The zero-order chi connectivity index (χ0) is 23.7. The summed E-state index contributed by atoms with van der Waals surface area (Å²) in [6.45, 7) is 4.98. The topological polar surface area (TPSA) is 55.2 Å². The van der Waals surface area contributed by atoms with E-state index in [0.717, 1.165) is 33.5 Å². The van der Waals surface area contributed by atoms with Crippen molar-refractivity contribution in [1.82, 2.24) is 24.8 Å². The van der Waals surface area contributed by atoms with Crippen molar-refractivity contribution in [3.8, 4) is 11.4 Å². The molecule has 7 heteroatoms. The highest BCUT2D eigenvalue weighted by Gasteiger charge is 2.41. The van der Waals surface area contributed by atoms with Crippen LogP contribution in [0.15, 0.2) is 79.3 Å². The van der Waals surface area contributed by atoms with Gasteiger partial charge in [-0.25, -0.2) is 0 Å². The molecule has 0 aliphatic carbocycles. The third-order valence-electron chi connectivity index (χ3n) is 6.39. The van der Waals surface area contributed by atoms with Crippen molar-refractivity contribution in [3.05, 3.63) is 107 Å². The summed E-state index contributed by atoms with van der Waals surface area (Å²) in [5.41, 5.74) is 6.75. The summed E-state index contributed by atoms with van der Waals surface area (Å²) >= 11 is 5.84. The van der Waals surface area contributed by atoms with Gasteiger partial charge in [-0.3, -0.25) is 9.97 Å². The van der Waals surface area contributed by atoms with Crippen LogP contribution < -0.4 is 10.1 Å². The number of aryl methyl sites for hydroxylation is 1. The Balaban J connectivity index is 1.60. The Labute approximate surface area is 205 Å². The highest BCUT2D eigenvalue weighted by Crippen LogP contribution is 2.42. The van der Waals surface area contributed by atoms with Gasteiger partial charge in [0.05, 0.1) is 24.9 Å². The van der Waals surface area contributed by atoms with Gasteiger partial charge < -0.3 is 19.5 Å². The number of methoxy groups -OCH3 is 1. The van der Waals surface area contributed by atoms with Crippen molar-refractivity contribution >= 4 is 17.3 Å². The maximum atomic E-state index is 5.84. The van der Waals surface area contributed by atoms with E-state index in [9.17, 15) is 0 Å². The molecule has 0 saturated carbocycles. The lowest BCUT2D eigenvalue weighted by molar-refractivity contribution is 0.310. The lowest BCUT2D eigenvalue weighted by Crippen LogP contribution is -2.29. The Kier molecular flexibility index (Phi) is 6.02. The maximum absolute atomic E-state index is 5.84. The van der Waals surface area contributed by atoms with Gasteiger partial charge in [0.2, 0.25) is 0 Å². The van der Waals surface area contributed by atoms with Crippen LogP contribution in [0.5, 0.6) is 5.75 Å². The molecule has 0 spiro atoms. The van der Waals surface area contributed by atoms with E-state index in [1.54, 1.807) is 13.3 Å². The van der Waals surface area contributed by atoms with Crippen molar-refractivity contribution in [2.75, 3.05) is 7.11 Å². The molecule has 1 aliphatic heterocycles. The number of hydrogen-bond donors (Lipinski definition) is 1.